The van der Waals surface area contributed by atoms with Crippen molar-refractivity contribution in [3.63, 3.8) is 0 Å². The van der Waals surface area contributed by atoms with Gasteiger partial charge in [-0.1, -0.05) is 35.9 Å². The van der Waals surface area contributed by atoms with Crippen molar-refractivity contribution >= 4 is 15.9 Å². The number of nitrogens with zero attached hydrogens (tertiary/aromatic N) is 1. The zero-order valence-electron chi connectivity index (χ0n) is 15.6. The van der Waals surface area contributed by atoms with Crippen LogP contribution >= 0.6 is 0 Å². The fraction of sp³-hybridized carbons (Fsp3) is 0.143. The minimum atomic E-state index is -3.46. The van der Waals surface area contributed by atoms with E-state index in [0.29, 0.717) is 12.1 Å². The van der Waals surface area contributed by atoms with E-state index in [1.165, 1.54) is 19.2 Å². The van der Waals surface area contributed by atoms with Gasteiger partial charge >= 0.3 is 0 Å². The second-order valence-electron chi connectivity index (χ2n) is 6.34. The summed E-state index contributed by atoms with van der Waals surface area (Å²) < 4.78 is 25.7. The predicted octanol–water partition coefficient (Wildman–Crippen LogP) is 2.90. The Bertz CT molecular complexity index is 1080. The summed E-state index contributed by atoms with van der Waals surface area (Å²) in [5, 5.41) is 2.81. The largest absolute Gasteiger partial charge is 0.348 e. The first kappa shape index (κ1) is 19.7. The van der Waals surface area contributed by atoms with Gasteiger partial charge in [-0.25, -0.2) is 13.1 Å². The molecule has 0 aliphatic carbocycles. The summed E-state index contributed by atoms with van der Waals surface area (Å²) in [4.78, 5) is 16.9. The molecule has 0 saturated heterocycles. The highest BCUT2D eigenvalue weighted by molar-refractivity contribution is 7.89. The van der Waals surface area contributed by atoms with Crippen molar-refractivity contribution in [2.24, 2.45) is 0 Å². The Morgan fingerprint density at radius 3 is 2.39 bits per heavy atom. The number of amides is 1. The average Bonchev–Trinajstić information content (AvgIpc) is 2.72. The Morgan fingerprint density at radius 1 is 1.04 bits per heavy atom. The number of benzene rings is 2. The van der Waals surface area contributed by atoms with E-state index in [4.69, 9.17) is 0 Å². The molecule has 0 fully saturated rings. The van der Waals surface area contributed by atoms with Gasteiger partial charge in [-0.3, -0.25) is 9.78 Å². The molecule has 0 unspecified atom stereocenters. The van der Waals surface area contributed by atoms with Gasteiger partial charge in [0.1, 0.15) is 0 Å². The van der Waals surface area contributed by atoms with Crippen LogP contribution in [0.25, 0.3) is 11.3 Å². The van der Waals surface area contributed by atoms with E-state index in [1.807, 2.05) is 37.3 Å². The molecule has 0 atom stereocenters. The van der Waals surface area contributed by atoms with Crippen molar-refractivity contribution in [1.82, 2.24) is 15.0 Å². The van der Waals surface area contributed by atoms with Crippen LogP contribution in [0.2, 0.25) is 0 Å². The maximum Gasteiger partial charge on any atom is 0.253 e. The van der Waals surface area contributed by atoms with Gasteiger partial charge in [0.05, 0.1) is 16.2 Å². The van der Waals surface area contributed by atoms with Crippen LogP contribution in [0.1, 0.15) is 21.5 Å². The Morgan fingerprint density at radius 2 is 1.79 bits per heavy atom. The Hall–Kier alpha value is -3.03. The lowest BCUT2D eigenvalue weighted by molar-refractivity contribution is 0.0950. The molecule has 7 heteroatoms. The van der Waals surface area contributed by atoms with Crippen LogP contribution in [0.3, 0.4) is 0 Å². The van der Waals surface area contributed by atoms with Gasteiger partial charge in [0.15, 0.2) is 0 Å². The number of aromatic nitrogens is 1. The highest BCUT2D eigenvalue weighted by Gasteiger charge is 2.11. The van der Waals surface area contributed by atoms with E-state index in [9.17, 15) is 13.2 Å². The van der Waals surface area contributed by atoms with E-state index in [0.717, 1.165) is 22.4 Å². The summed E-state index contributed by atoms with van der Waals surface area (Å²) in [7, 11) is -2.10. The molecular weight excluding hydrogens is 374 g/mol. The fourth-order valence-corrected chi connectivity index (χ4v) is 3.42. The average molecular weight is 395 g/mol. The summed E-state index contributed by atoms with van der Waals surface area (Å²) in [5.74, 6) is -0.241. The summed E-state index contributed by atoms with van der Waals surface area (Å²) in [6, 6.07) is 17.9. The van der Waals surface area contributed by atoms with Gasteiger partial charge in [0, 0.05) is 18.3 Å². The van der Waals surface area contributed by atoms with Crippen molar-refractivity contribution < 1.29 is 13.2 Å². The van der Waals surface area contributed by atoms with Gasteiger partial charge in [-0.15, -0.1) is 0 Å². The lowest BCUT2D eigenvalue weighted by Gasteiger charge is -2.08. The lowest BCUT2D eigenvalue weighted by Crippen LogP contribution is -2.23. The van der Waals surface area contributed by atoms with Gasteiger partial charge in [-0.05, 0) is 49.9 Å². The van der Waals surface area contributed by atoms with E-state index in [1.54, 1.807) is 24.4 Å². The normalized spacial score (nSPS) is 11.2. The number of rotatable bonds is 6. The summed E-state index contributed by atoms with van der Waals surface area (Å²) >= 11 is 0. The van der Waals surface area contributed by atoms with Crippen LogP contribution in [0.15, 0.2) is 71.8 Å². The Labute approximate surface area is 164 Å². The SMILES string of the molecule is CNS(=O)(=O)c1ccc(CNC(=O)c2ccc(-c3cccc(C)c3)nc2)cc1. The van der Waals surface area contributed by atoms with Crippen LogP contribution < -0.4 is 10.0 Å². The minimum absolute atomic E-state index is 0.181. The standard InChI is InChI=1S/C21H21N3O3S/c1-15-4-3-5-17(12-15)20-11-8-18(14-23-20)21(25)24-13-16-6-9-19(10-7-16)28(26,27)22-2/h3-12,14,22H,13H2,1-2H3,(H,24,25). The Kier molecular flexibility index (Phi) is 5.87. The molecule has 2 aromatic carbocycles. The number of hydrogen-bond acceptors (Lipinski definition) is 4. The zero-order chi connectivity index (χ0) is 20.1. The van der Waals surface area contributed by atoms with E-state index in [-0.39, 0.29) is 10.8 Å². The quantitative estimate of drug-likeness (QED) is 0.672. The monoisotopic (exact) mass is 395 g/mol. The second-order valence-corrected chi connectivity index (χ2v) is 8.22. The minimum Gasteiger partial charge on any atom is -0.348 e. The predicted molar refractivity (Wildman–Crippen MR) is 108 cm³/mol. The number of carbonyl (C=O) groups is 1. The first-order valence-corrected chi connectivity index (χ1v) is 10.2. The van der Waals surface area contributed by atoms with Gasteiger partial charge in [0.2, 0.25) is 10.0 Å². The molecular formula is C21H21N3O3S. The number of carbonyl (C=O) groups excluding carboxylic acids is 1. The number of aryl methyl sites for hydroxylation is 1. The third kappa shape index (κ3) is 4.62. The molecule has 1 amide bonds. The number of hydrogen-bond donors (Lipinski definition) is 2. The second kappa shape index (κ2) is 8.33. The van der Waals surface area contributed by atoms with Crippen molar-refractivity contribution in [3.05, 3.63) is 83.6 Å². The molecule has 6 nitrogen and oxygen atoms in total. The number of sulfonamides is 1. The molecule has 0 saturated carbocycles. The zero-order valence-corrected chi connectivity index (χ0v) is 16.5. The summed E-state index contributed by atoms with van der Waals surface area (Å²) in [5.41, 5.74) is 4.22. The van der Waals surface area contributed by atoms with Crippen LogP contribution in [0, 0.1) is 6.92 Å². The number of nitrogens with one attached hydrogen (secondary N) is 2. The van der Waals surface area contributed by atoms with Crippen LogP contribution in [-0.4, -0.2) is 26.4 Å². The van der Waals surface area contributed by atoms with Crippen molar-refractivity contribution in [3.8, 4) is 11.3 Å². The molecule has 0 spiro atoms. The molecule has 0 aliphatic rings. The van der Waals surface area contributed by atoms with E-state index in [2.05, 4.69) is 15.0 Å². The molecule has 28 heavy (non-hydrogen) atoms. The highest BCUT2D eigenvalue weighted by Crippen LogP contribution is 2.18. The van der Waals surface area contributed by atoms with Gasteiger partial charge in [-0.2, -0.15) is 0 Å². The maximum atomic E-state index is 12.3. The van der Waals surface area contributed by atoms with Crippen LogP contribution in [0.5, 0.6) is 0 Å². The topological polar surface area (TPSA) is 88.2 Å². The smallest absolute Gasteiger partial charge is 0.253 e. The first-order valence-electron chi connectivity index (χ1n) is 8.73. The molecule has 144 valence electrons. The maximum absolute atomic E-state index is 12.3. The molecule has 0 radical (unpaired) electrons. The Balaban J connectivity index is 1.63. The molecule has 1 heterocycles. The van der Waals surface area contributed by atoms with Crippen molar-refractivity contribution in [2.45, 2.75) is 18.4 Å². The molecule has 2 N–H and O–H groups in total. The van der Waals surface area contributed by atoms with E-state index >= 15 is 0 Å². The molecule has 1 aromatic heterocycles. The molecule has 3 rings (SSSR count). The molecule has 0 bridgehead atoms. The van der Waals surface area contributed by atoms with Crippen LogP contribution in [-0.2, 0) is 16.6 Å². The highest BCUT2D eigenvalue weighted by atomic mass is 32.2. The van der Waals surface area contributed by atoms with Crippen LogP contribution in [0.4, 0.5) is 0 Å². The lowest BCUT2D eigenvalue weighted by atomic mass is 10.1. The third-order valence-electron chi connectivity index (χ3n) is 4.29. The fourth-order valence-electron chi connectivity index (χ4n) is 2.69. The first-order chi connectivity index (χ1) is 13.4. The molecule has 3 aromatic rings. The van der Waals surface area contributed by atoms with E-state index < -0.39 is 10.0 Å². The summed E-state index contributed by atoms with van der Waals surface area (Å²) in [6.07, 6.45) is 1.55. The van der Waals surface area contributed by atoms with Gasteiger partial charge in [0.25, 0.3) is 5.91 Å². The van der Waals surface area contributed by atoms with Crippen molar-refractivity contribution in [2.75, 3.05) is 7.05 Å². The van der Waals surface area contributed by atoms with Crippen molar-refractivity contribution in [1.29, 1.82) is 0 Å². The number of pyridine rings is 1. The summed E-state index contributed by atoms with van der Waals surface area (Å²) in [6.45, 7) is 2.31. The van der Waals surface area contributed by atoms with Gasteiger partial charge < -0.3 is 5.32 Å². The third-order valence-corrected chi connectivity index (χ3v) is 5.73. The molecule has 0 aliphatic heterocycles.